The zero-order chi connectivity index (χ0) is 19.0. The van der Waals surface area contributed by atoms with Crippen LogP contribution in [0.15, 0.2) is 18.2 Å². The first-order valence-electron chi connectivity index (χ1n) is 9.19. The molecule has 2 aromatic rings. The molecule has 2 heterocycles. The molecule has 9 nitrogen and oxygen atoms in total. The molecule has 144 valence electrons. The van der Waals surface area contributed by atoms with Crippen LogP contribution in [-0.2, 0) is 5.54 Å². The lowest BCUT2D eigenvalue weighted by Crippen LogP contribution is -2.53. The number of nitrogens with one attached hydrogen (secondary N) is 1. The molecular weight excluding hydrogens is 348 g/mol. The van der Waals surface area contributed by atoms with Crippen molar-refractivity contribution in [2.45, 2.75) is 38.1 Å². The highest BCUT2D eigenvalue weighted by molar-refractivity contribution is 5.74. The Kier molecular flexibility index (Phi) is 4.37. The molecule has 0 spiro atoms. The summed E-state index contributed by atoms with van der Waals surface area (Å²) in [6.45, 7) is 2.45. The summed E-state index contributed by atoms with van der Waals surface area (Å²) in [6, 6.07) is 5.46. The molecule has 2 amide bonds. The van der Waals surface area contributed by atoms with E-state index < -0.39 is 5.54 Å². The van der Waals surface area contributed by atoms with Gasteiger partial charge in [0.2, 0.25) is 6.79 Å². The molecule has 2 aliphatic rings. The van der Waals surface area contributed by atoms with Gasteiger partial charge in [-0.1, -0.05) is 6.92 Å². The van der Waals surface area contributed by atoms with Crippen molar-refractivity contribution in [3.63, 3.8) is 0 Å². The highest BCUT2D eigenvalue weighted by atomic mass is 16.7. The summed E-state index contributed by atoms with van der Waals surface area (Å²) < 4.78 is 12.6. The minimum atomic E-state index is -0.563. The molecule has 0 radical (unpaired) electrons. The molecule has 1 saturated carbocycles. The second-order valence-electron chi connectivity index (χ2n) is 7.28. The summed E-state index contributed by atoms with van der Waals surface area (Å²) in [5, 5.41) is 15.2. The first-order valence-corrected chi connectivity index (χ1v) is 9.19. The van der Waals surface area contributed by atoms with Gasteiger partial charge >= 0.3 is 6.03 Å². The highest BCUT2D eigenvalue weighted by Gasteiger charge is 2.46. The summed E-state index contributed by atoms with van der Waals surface area (Å²) in [7, 11) is 3.45. The van der Waals surface area contributed by atoms with E-state index in [1.165, 1.54) is 0 Å². The molecule has 1 aliphatic heterocycles. The molecule has 1 fully saturated rings. The van der Waals surface area contributed by atoms with Crippen molar-refractivity contribution >= 4 is 6.03 Å². The first kappa shape index (κ1) is 17.6. The van der Waals surface area contributed by atoms with Gasteiger partial charge in [0.05, 0.1) is 5.69 Å². The second-order valence-corrected chi connectivity index (χ2v) is 7.28. The summed E-state index contributed by atoms with van der Waals surface area (Å²) in [5.41, 5.74) is 0.217. The van der Waals surface area contributed by atoms with Gasteiger partial charge in [-0.25, -0.2) is 4.79 Å². The van der Waals surface area contributed by atoms with Crippen LogP contribution in [0, 0.1) is 5.92 Å². The van der Waals surface area contributed by atoms with E-state index in [1.807, 2.05) is 25.2 Å². The third-order valence-corrected chi connectivity index (χ3v) is 5.75. The average Bonchev–Trinajstić information content (AvgIpc) is 3.36. The Labute approximate surface area is 157 Å². The van der Waals surface area contributed by atoms with Crippen molar-refractivity contribution in [1.82, 2.24) is 30.4 Å². The van der Waals surface area contributed by atoms with Crippen molar-refractivity contribution in [3.8, 4) is 17.2 Å². The summed E-state index contributed by atoms with van der Waals surface area (Å²) in [5.74, 6) is 2.66. The normalized spacial score (nSPS) is 23.9. The lowest BCUT2D eigenvalue weighted by atomic mass is 9.75. The number of benzene rings is 1. The van der Waals surface area contributed by atoms with Gasteiger partial charge in [0.1, 0.15) is 5.54 Å². The fourth-order valence-corrected chi connectivity index (χ4v) is 3.98. The molecule has 1 aliphatic carbocycles. The van der Waals surface area contributed by atoms with Crippen LogP contribution < -0.4 is 14.8 Å². The van der Waals surface area contributed by atoms with E-state index in [0.717, 1.165) is 31.4 Å². The summed E-state index contributed by atoms with van der Waals surface area (Å²) in [6.07, 6.45) is 3.64. The van der Waals surface area contributed by atoms with Crippen LogP contribution in [0.5, 0.6) is 11.5 Å². The van der Waals surface area contributed by atoms with Gasteiger partial charge in [-0.15, -0.1) is 5.10 Å². The Morgan fingerprint density at radius 1 is 1.30 bits per heavy atom. The Bertz CT molecular complexity index is 843. The number of hydrogen-bond acceptors (Lipinski definition) is 6. The van der Waals surface area contributed by atoms with Crippen molar-refractivity contribution in [3.05, 3.63) is 24.0 Å². The van der Waals surface area contributed by atoms with Crippen LogP contribution in [0.25, 0.3) is 5.69 Å². The van der Waals surface area contributed by atoms with Crippen LogP contribution in [0.1, 0.15) is 38.4 Å². The highest BCUT2D eigenvalue weighted by Crippen LogP contribution is 2.43. The minimum absolute atomic E-state index is 0.148. The molecule has 27 heavy (non-hydrogen) atoms. The maximum Gasteiger partial charge on any atom is 0.317 e. The smallest absolute Gasteiger partial charge is 0.317 e. The maximum atomic E-state index is 12.5. The van der Waals surface area contributed by atoms with Gasteiger partial charge in [0.25, 0.3) is 0 Å². The molecule has 9 heteroatoms. The van der Waals surface area contributed by atoms with E-state index in [2.05, 4.69) is 27.8 Å². The third kappa shape index (κ3) is 2.87. The lowest BCUT2D eigenvalue weighted by Gasteiger charge is -2.44. The number of amides is 2. The molecule has 0 bridgehead atoms. The fraction of sp³-hybridized carbons (Fsp3) is 0.556. The largest absolute Gasteiger partial charge is 0.454 e. The molecule has 0 unspecified atom stereocenters. The number of urea groups is 1. The van der Waals surface area contributed by atoms with Crippen LogP contribution in [0.4, 0.5) is 4.79 Å². The van der Waals surface area contributed by atoms with Crippen LogP contribution in [-0.4, -0.2) is 52.0 Å². The van der Waals surface area contributed by atoms with Crippen molar-refractivity contribution in [1.29, 1.82) is 0 Å². The topological polar surface area (TPSA) is 94.4 Å². The number of aromatic nitrogens is 4. The molecule has 1 aromatic carbocycles. The number of hydrogen-bond donors (Lipinski definition) is 1. The molecule has 0 atom stereocenters. The standard InChI is InChI=1S/C18H24N6O3/c1-12-6-8-18(9-7-12,23(3)17(25)19-2)16-20-21-22-24(16)13-4-5-14-15(10-13)27-11-26-14/h4-5,10,12H,6-9,11H2,1-3H3,(H,19,25). The zero-order valence-corrected chi connectivity index (χ0v) is 15.8. The van der Waals surface area contributed by atoms with Crippen LogP contribution >= 0.6 is 0 Å². The van der Waals surface area contributed by atoms with Crippen molar-refractivity contribution in [2.75, 3.05) is 20.9 Å². The van der Waals surface area contributed by atoms with E-state index in [-0.39, 0.29) is 12.8 Å². The molecule has 1 aromatic heterocycles. The van der Waals surface area contributed by atoms with Crippen LogP contribution in [0.3, 0.4) is 0 Å². The first-order chi connectivity index (χ1) is 13.0. The zero-order valence-electron chi connectivity index (χ0n) is 15.8. The summed E-state index contributed by atoms with van der Waals surface area (Å²) >= 11 is 0. The number of ether oxygens (including phenoxy) is 2. The summed E-state index contributed by atoms with van der Waals surface area (Å²) in [4.78, 5) is 14.2. The molecule has 4 rings (SSSR count). The lowest BCUT2D eigenvalue weighted by molar-refractivity contribution is 0.0732. The van der Waals surface area contributed by atoms with Gasteiger partial charge in [0, 0.05) is 20.2 Å². The number of carbonyl (C=O) groups is 1. The van der Waals surface area contributed by atoms with Gasteiger partial charge < -0.3 is 19.7 Å². The van der Waals surface area contributed by atoms with Gasteiger partial charge in [-0.2, -0.15) is 4.68 Å². The molecular formula is C18H24N6O3. The predicted octanol–water partition coefficient (Wildman–Crippen LogP) is 2.07. The SMILES string of the molecule is CNC(=O)N(C)C1(c2nnnn2-c2ccc3c(c2)OCO3)CCC(C)CC1. The predicted molar refractivity (Wildman–Crippen MR) is 96.8 cm³/mol. The van der Waals surface area contributed by atoms with E-state index in [0.29, 0.717) is 23.2 Å². The van der Waals surface area contributed by atoms with Gasteiger partial charge in [-0.05, 0) is 54.2 Å². The fourth-order valence-electron chi connectivity index (χ4n) is 3.98. The van der Waals surface area contributed by atoms with Gasteiger partial charge in [-0.3, -0.25) is 0 Å². The third-order valence-electron chi connectivity index (χ3n) is 5.75. The van der Waals surface area contributed by atoms with Crippen molar-refractivity contribution in [2.24, 2.45) is 5.92 Å². The van der Waals surface area contributed by atoms with Crippen LogP contribution in [0.2, 0.25) is 0 Å². The van der Waals surface area contributed by atoms with E-state index in [4.69, 9.17) is 9.47 Å². The maximum absolute atomic E-state index is 12.5. The van der Waals surface area contributed by atoms with Gasteiger partial charge in [0.15, 0.2) is 17.3 Å². The van der Waals surface area contributed by atoms with Crippen molar-refractivity contribution < 1.29 is 14.3 Å². The monoisotopic (exact) mass is 372 g/mol. The molecule has 0 saturated heterocycles. The number of rotatable bonds is 3. The number of carbonyl (C=O) groups excluding carboxylic acids is 1. The Morgan fingerprint density at radius 3 is 2.78 bits per heavy atom. The quantitative estimate of drug-likeness (QED) is 0.886. The average molecular weight is 372 g/mol. The Morgan fingerprint density at radius 2 is 2.04 bits per heavy atom. The Balaban J connectivity index is 1.78. The number of nitrogens with zero attached hydrogens (tertiary/aromatic N) is 5. The second kappa shape index (κ2) is 6.71. The number of fused-ring (bicyclic) bond motifs is 1. The molecule has 1 N–H and O–H groups in total. The minimum Gasteiger partial charge on any atom is -0.454 e. The van der Waals surface area contributed by atoms with E-state index in [9.17, 15) is 4.79 Å². The van der Waals surface area contributed by atoms with E-state index >= 15 is 0 Å². The van der Waals surface area contributed by atoms with E-state index in [1.54, 1.807) is 16.6 Å². The Hall–Kier alpha value is -2.84. The number of tetrazole rings is 1.